The molecule has 0 saturated heterocycles. The van der Waals surface area contributed by atoms with Crippen LogP contribution in [0.25, 0.3) is 10.9 Å². The number of nitriles is 1. The number of rotatable bonds is 3. The SMILES string of the molecule is COC(=O)c1n[nH]c2cccc(NC(=O)CC#N)c12. The lowest BCUT2D eigenvalue weighted by Crippen LogP contribution is -2.11. The van der Waals surface area contributed by atoms with Crippen LogP contribution >= 0.6 is 0 Å². The zero-order valence-electron chi connectivity index (χ0n) is 10.1. The monoisotopic (exact) mass is 258 g/mol. The number of hydrogen-bond acceptors (Lipinski definition) is 5. The molecule has 19 heavy (non-hydrogen) atoms. The average molecular weight is 258 g/mol. The molecule has 1 aromatic carbocycles. The largest absolute Gasteiger partial charge is 0.464 e. The van der Waals surface area contributed by atoms with Crippen LogP contribution in [-0.2, 0) is 9.53 Å². The summed E-state index contributed by atoms with van der Waals surface area (Å²) in [6.45, 7) is 0. The number of fused-ring (bicyclic) bond motifs is 1. The number of nitrogens with zero attached hydrogens (tertiary/aromatic N) is 2. The number of aromatic amines is 1. The molecule has 0 spiro atoms. The van der Waals surface area contributed by atoms with Crippen LogP contribution in [0.4, 0.5) is 5.69 Å². The summed E-state index contributed by atoms with van der Waals surface area (Å²) in [6, 6.07) is 6.79. The molecule has 0 saturated carbocycles. The van der Waals surface area contributed by atoms with Crippen LogP contribution in [-0.4, -0.2) is 29.2 Å². The molecule has 0 bridgehead atoms. The number of benzene rings is 1. The lowest BCUT2D eigenvalue weighted by molar-refractivity contribution is -0.115. The van der Waals surface area contributed by atoms with E-state index in [2.05, 4.69) is 20.3 Å². The summed E-state index contributed by atoms with van der Waals surface area (Å²) in [7, 11) is 1.25. The number of nitrogens with one attached hydrogen (secondary N) is 2. The number of H-pyrrole nitrogens is 1. The van der Waals surface area contributed by atoms with E-state index in [1.165, 1.54) is 7.11 Å². The molecular formula is C12H10N4O3. The maximum absolute atomic E-state index is 11.6. The van der Waals surface area contributed by atoms with Gasteiger partial charge in [-0.1, -0.05) is 6.07 Å². The van der Waals surface area contributed by atoms with E-state index in [1.807, 2.05) is 0 Å². The highest BCUT2D eigenvalue weighted by molar-refractivity contribution is 6.10. The molecule has 0 atom stereocenters. The number of anilines is 1. The summed E-state index contributed by atoms with van der Waals surface area (Å²) in [6.07, 6.45) is -0.262. The molecule has 0 unspecified atom stereocenters. The number of carbonyl (C=O) groups excluding carboxylic acids is 2. The summed E-state index contributed by atoms with van der Waals surface area (Å²) in [5, 5.41) is 18.0. The van der Waals surface area contributed by atoms with Crippen LogP contribution in [0.1, 0.15) is 16.9 Å². The second-order valence-electron chi connectivity index (χ2n) is 3.67. The van der Waals surface area contributed by atoms with Gasteiger partial charge in [0, 0.05) is 0 Å². The zero-order valence-corrected chi connectivity index (χ0v) is 10.1. The fourth-order valence-electron chi connectivity index (χ4n) is 1.69. The van der Waals surface area contributed by atoms with Crippen LogP contribution in [0.2, 0.25) is 0 Å². The van der Waals surface area contributed by atoms with E-state index in [-0.39, 0.29) is 12.1 Å². The lowest BCUT2D eigenvalue weighted by atomic mass is 10.1. The highest BCUT2D eigenvalue weighted by Crippen LogP contribution is 2.25. The van der Waals surface area contributed by atoms with E-state index in [9.17, 15) is 9.59 Å². The van der Waals surface area contributed by atoms with Crippen molar-refractivity contribution in [1.29, 1.82) is 5.26 Å². The van der Waals surface area contributed by atoms with E-state index in [1.54, 1.807) is 24.3 Å². The van der Waals surface area contributed by atoms with Crippen LogP contribution in [0.15, 0.2) is 18.2 Å². The van der Waals surface area contributed by atoms with Crippen molar-refractivity contribution in [3.63, 3.8) is 0 Å². The van der Waals surface area contributed by atoms with Crippen molar-refractivity contribution in [1.82, 2.24) is 10.2 Å². The van der Waals surface area contributed by atoms with Gasteiger partial charge < -0.3 is 10.1 Å². The molecule has 0 radical (unpaired) electrons. The van der Waals surface area contributed by atoms with Crippen molar-refractivity contribution in [3.8, 4) is 6.07 Å². The van der Waals surface area contributed by atoms with Gasteiger partial charge in [0.05, 0.1) is 29.8 Å². The first-order valence-electron chi connectivity index (χ1n) is 5.39. The molecule has 0 aliphatic heterocycles. The molecule has 2 rings (SSSR count). The highest BCUT2D eigenvalue weighted by atomic mass is 16.5. The summed E-state index contributed by atoms with van der Waals surface area (Å²) in [4.78, 5) is 23.0. The first-order chi connectivity index (χ1) is 9.17. The van der Waals surface area contributed by atoms with Gasteiger partial charge in [-0.25, -0.2) is 4.79 Å². The van der Waals surface area contributed by atoms with Gasteiger partial charge in [0.2, 0.25) is 5.91 Å². The van der Waals surface area contributed by atoms with Gasteiger partial charge >= 0.3 is 5.97 Å². The minimum Gasteiger partial charge on any atom is -0.464 e. The van der Waals surface area contributed by atoms with Crippen molar-refractivity contribution in [2.75, 3.05) is 12.4 Å². The first-order valence-corrected chi connectivity index (χ1v) is 5.39. The predicted molar refractivity (Wildman–Crippen MR) is 66.3 cm³/mol. The molecule has 1 heterocycles. The summed E-state index contributed by atoms with van der Waals surface area (Å²) >= 11 is 0. The van der Waals surface area contributed by atoms with E-state index in [4.69, 9.17) is 5.26 Å². The Balaban J connectivity index is 2.49. The van der Waals surface area contributed by atoms with Gasteiger partial charge in [0.1, 0.15) is 6.42 Å². The molecule has 1 aromatic heterocycles. The molecule has 96 valence electrons. The zero-order chi connectivity index (χ0) is 13.8. The van der Waals surface area contributed by atoms with Crippen LogP contribution in [0.5, 0.6) is 0 Å². The van der Waals surface area contributed by atoms with Crippen molar-refractivity contribution < 1.29 is 14.3 Å². The van der Waals surface area contributed by atoms with E-state index < -0.39 is 11.9 Å². The van der Waals surface area contributed by atoms with Crippen LogP contribution < -0.4 is 5.32 Å². The Morgan fingerprint density at radius 3 is 3.00 bits per heavy atom. The fraction of sp³-hybridized carbons (Fsp3) is 0.167. The number of amides is 1. The lowest BCUT2D eigenvalue weighted by Gasteiger charge is -2.05. The molecular weight excluding hydrogens is 248 g/mol. The summed E-state index contributed by atoms with van der Waals surface area (Å²) in [5.41, 5.74) is 1.09. The third-order valence-electron chi connectivity index (χ3n) is 2.48. The number of esters is 1. The maximum atomic E-state index is 11.6. The maximum Gasteiger partial charge on any atom is 0.359 e. The molecule has 7 nitrogen and oxygen atoms in total. The second kappa shape index (κ2) is 5.18. The summed E-state index contributed by atoms with van der Waals surface area (Å²) in [5.74, 6) is -1.06. The van der Waals surface area contributed by atoms with Crippen molar-refractivity contribution in [2.45, 2.75) is 6.42 Å². The van der Waals surface area contributed by atoms with Gasteiger partial charge in [-0.3, -0.25) is 9.89 Å². The predicted octanol–water partition coefficient (Wildman–Crippen LogP) is 1.20. The third kappa shape index (κ3) is 2.37. The smallest absolute Gasteiger partial charge is 0.359 e. The number of ether oxygens (including phenoxy) is 1. The number of methoxy groups -OCH3 is 1. The second-order valence-corrected chi connectivity index (χ2v) is 3.67. The fourth-order valence-corrected chi connectivity index (χ4v) is 1.69. The Morgan fingerprint density at radius 2 is 2.32 bits per heavy atom. The minimum atomic E-state index is -0.603. The van der Waals surface area contributed by atoms with Gasteiger partial charge in [0.25, 0.3) is 0 Å². The molecule has 7 heteroatoms. The molecule has 0 aliphatic rings. The van der Waals surface area contributed by atoms with E-state index >= 15 is 0 Å². The first kappa shape index (κ1) is 12.6. The van der Waals surface area contributed by atoms with Gasteiger partial charge in [-0.2, -0.15) is 10.4 Å². The summed E-state index contributed by atoms with van der Waals surface area (Å²) < 4.78 is 4.62. The van der Waals surface area contributed by atoms with Crippen LogP contribution in [0.3, 0.4) is 0 Å². The normalized spacial score (nSPS) is 9.89. The van der Waals surface area contributed by atoms with Crippen molar-refractivity contribution >= 4 is 28.5 Å². The van der Waals surface area contributed by atoms with Gasteiger partial charge in [-0.15, -0.1) is 0 Å². The Morgan fingerprint density at radius 1 is 1.53 bits per heavy atom. The molecule has 2 N–H and O–H groups in total. The minimum absolute atomic E-state index is 0.0883. The molecule has 0 aliphatic carbocycles. The Labute approximate surface area is 108 Å². The number of aromatic nitrogens is 2. The number of hydrogen-bond donors (Lipinski definition) is 2. The van der Waals surface area contributed by atoms with Crippen molar-refractivity contribution in [3.05, 3.63) is 23.9 Å². The van der Waals surface area contributed by atoms with Gasteiger partial charge in [-0.05, 0) is 12.1 Å². The highest BCUT2D eigenvalue weighted by Gasteiger charge is 2.18. The molecule has 2 aromatic rings. The Kier molecular flexibility index (Phi) is 3.43. The van der Waals surface area contributed by atoms with Gasteiger partial charge in [0.15, 0.2) is 5.69 Å². The quantitative estimate of drug-likeness (QED) is 0.804. The molecule has 0 fully saturated rings. The Hall–Kier alpha value is -2.88. The topological polar surface area (TPSA) is 108 Å². The standard InChI is InChI=1S/C12H10N4O3/c1-19-12(18)11-10-7(14-9(17)5-6-13)3-2-4-8(10)15-16-11/h2-4H,5H2,1H3,(H,14,17)(H,15,16). The van der Waals surface area contributed by atoms with E-state index in [0.717, 1.165) is 0 Å². The van der Waals surface area contributed by atoms with E-state index in [0.29, 0.717) is 16.6 Å². The number of carbonyl (C=O) groups is 2. The Bertz CT molecular complexity index is 684. The van der Waals surface area contributed by atoms with Crippen LogP contribution in [0, 0.1) is 11.3 Å². The third-order valence-corrected chi connectivity index (χ3v) is 2.48. The average Bonchev–Trinajstić information content (AvgIpc) is 2.83. The molecule has 1 amide bonds. The van der Waals surface area contributed by atoms with Crippen molar-refractivity contribution in [2.24, 2.45) is 0 Å².